The Balaban J connectivity index is 2.79. The van der Waals surface area contributed by atoms with Crippen molar-refractivity contribution in [3.05, 3.63) is 23.2 Å². The van der Waals surface area contributed by atoms with Crippen molar-refractivity contribution in [2.24, 2.45) is 0 Å². The molecule has 0 aliphatic heterocycles. The Morgan fingerprint density at radius 3 is 2.50 bits per heavy atom. The molecule has 5 nitrogen and oxygen atoms in total. The Morgan fingerprint density at radius 1 is 1.43 bits per heavy atom. The lowest BCUT2D eigenvalue weighted by Crippen LogP contribution is -2.00. The molecule has 1 rings (SSSR count). The zero-order valence-electron chi connectivity index (χ0n) is 7.61. The summed E-state index contributed by atoms with van der Waals surface area (Å²) >= 11 is 0. The van der Waals surface area contributed by atoms with Crippen LogP contribution in [0.4, 0.5) is 0 Å². The molecule has 0 atom stereocenters. The van der Waals surface area contributed by atoms with E-state index in [0.29, 0.717) is 11.3 Å². The molecule has 0 aromatic carbocycles. The minimum absolute atomic E-state index is 0.0621. The monoisotopic (exact) mass is 198 g/mol. The van der Waals surface area contributed by atoms with Crippen molar-refractivity contribution in [2.45, 2.75) is 19.8 Å². The molecule has 0 saturated carbocycles. The summed E-state index contributed by atoms with van der Waals surface area (Å²) in [6, 6.07) is 0. The van der Waals surface area contributed by atoms with Gasteiger partial charge < -0.3 is 14.6 Å². The molecule has 0 radical (unpaired) electrons. The van der Waals surface area contributed by atoms with Crippen molar-refractivity contribution in [1.82, 2.24) is 0 Å². The van der Waals surface area contributed by atoms with Crippen LogP contribution in [0.3, 0.4) is 0 Å². The van der Waals surface area contributed by atoms with Gasteiger partial charge in [0.15, 0.2) is 0 Å². The Labute approximate surface area is 80.0 Å². The summed E-state index contributed by atoms with van der Waals surface area (Å²) in [4.78, 5) is 20.9. The van der Waals surface area contributed by atoms with E-state index in [1.54, 1.807) is 6.92 Å². The highest BCUT2D eigenvalue weighted by atomic mass is 16.4. The number of aromatic carboxylic acids is 1. The molecule has 1 heterocycles. The maximum absolute atomic E-state index is 10.6. The number of carboxylic acids is 2. The van der Waals surface area contributed by atoms with Gasteiger partial charge in [0.25, 0.3) is 0 Å². The molecule has 0 aliphatic rings. The average Bonchev–Trinajstić information content (AvgIpc) is 2.43. The Bertz CT molecular complexity index is 363. The van der Waals surface area contributed by atoms with E-state index >= 15 is 0 Å². The number of hydrogen-bond acceptors (Lipinski definition) is 3. The van der Waals surface area contributed by atoms with Crippen LogP contribution in [0, 0.1) is 6.92 Å². The van der Waals surface area contributed by atoms with Gasteiger partial charge in [0, 0.05) is 12.0 Å². The van der Waals surface area contributed by atoms with Crippen LogP contribution in [0.2, 0.25) is 0 Å². The molecule has 0 fully saturated rings. The highest BCUT2D eigenvalue weighted by Gasteiger charge is 2.15. The van der Waals surface area contributed by atoms with Crippen LogP contribution in [0.15, 0.2) is 10.7 Å². The van der Waals surface area contributed by atoms with Crippen LogP contribution in [0.5, 0.6) is 0 Å². The maximum Gasteiger partial charge on any atom is 0.339 e. The third kappa shape index (κ3) is 2.12. The van der Waals surface area contributed by atoms with Crippen molar-refractivity contribution in [1.29, 1.82) is 0 Å². The molecule has 1 aromatic rings. The number of carboxylic acid groups (broad SMARTS) is 2. The second-order valence-corrected chi connectivity index (χ2v) is 2.90. The number of rotatable bonds is 4. The van der Waals surface area contributed by atoms with E-state index in [1.165, 1.54) is 0 Å². The molecule has 0 spiro atoms. The summed E-state index contributed by atoms with van der Waals surface area (Å²) in [5, 5.41) is 17.1. The summed E-state index contributed by atoms with van der Waals surface area (Å²) in [5.74, 6) is -1.57. The minimum Gasteiger partial charge on any atom is -0.481 e. The van der Waals surface area contributed by atoms with Crippen molar-refractivity contribution in [3.8, 4) is 0 Å². The molecule has 0 unspecified atom stereocenters. The molecular weight excluding hydrogens is 188 g/mol. The first-order chi connectivity index (χ1) is 6.52. The van der Waals surface area contributed by atoms with Crippen LogP contribution in [-0.4, -0.2) is 22.2 Å². The van der Waals surface area contributed by atoms with Crippen molar-refractivity contribution in [3.63, 3.8) is 0 Å². The fraction of sp³-hybridized carbons (Fsp3) is 0.333. The van der Waals surface area contributed by atoms with Gasteiger partial charge in [-0.2, -0.15) is 0 Å². The Kier molecular flexibility index (Phi) is 2.91. The molecule has 0 bridgehead atoms. The Hall–Kier alpha value is -1.78. The van der Waals surface area contributed by atoms with E-state index in [2.05, 4.69) is 0 Å². The Morgan fingerprint density at radius 2 is 2.07 bits per heavy atom. The quantitative estimate of drug-likeness (QED) is 0.761. The van der Waals surface area contributed by atoms with Crippen molar-refractivity contribution >= 4 is 11.9 Å². The largest absolute Gasteiger partial charge is 0.481 e. The molecule has 1 aromatic heterocycles. The number of furan rings is 1. The fourth-order valence-corrected chi connectivity index (χ4v) is 1.13. The summed E-state index contributed by atoms with van der Waals surface area (Å²) in [7, 11) is 0. The highest BCUT2D eigenvalue weighted by molar-refractivity contribution is 5.89. The average molecular weight is 198 g/mol. The van der Waals surface area contributed by atoms with E-state index in [4.69, 9.17) is 14.6 Å². The van der Waals surface area contributed by atoms with Gasteiger partial charge in [0.2, 0.25) is 0 Å². The number of carbonyl (C=O) groups is 2. The predicted octanol–water partition coefficient (Wildman–Crippen LogP) is 1.30. The predicted molar refractivity (Wildman–Crippen MR) is 46.4 cm³/mol. The third-order valence-corrected chi connectivity index (χ3v) is 1.94. The van der Waals surface area contributed by atoms with Crippen molar-refractivity contribution in [2.75, 3.05) is 0 Å². The molecule has 5 heteroatoms. The van der Waals surface area contributed by atoms with E-state index < -0.39 is 11.9 Å². The summed E-state index contributed by atoms with van der Waals surface area (Å²) in [6.45, 7) is 1.60. The van der Waals surface area contributed by atoms with E-state index in [9.17, 15) is 9.59 Å². The van der Waals surface area contributed by atoms with Crippen LogP contribution in [-0.2, 0) is 11.2 Å². The SMILES string of the molecule is Cc1c(C(=O)O)coc1CCC(=O)O. The topological polar surface area (TPSA) is 87.7 Å². The van der Waals surface area contributed by atoms with Gasteiger partial charge >= 0.3 is 11.9 Å². The number of aliphatic carboxylic acids is 1. The normalized spacial score (nSPS) is 10.1. The third-order valence-electron chi connectivity index (χ3n) is 1.94. The lowest BCUT2D eigenvalue weighted by atomic mass is 10.1. The first kappa shape index (κ1) is 10.3. The van der Waals surface area contributed by atoms with Crippen LogP contribution < -0.4 is 0 Å². The first-order valence-electron chi connectivity index (χ1n) is 4.04. The van der Waals surface area contributed by atoms with E-state index in [1.807, 2.05) is 0 Å². The van der Waals surface area contributed by atoms with E-state index in [-0.39, 0.29) is 18.4 Å². The lowest BCUT2D eigenvalue weighted by molar-refractivity contribution is -0.137. The van der Waals surface area contributed by atoms with Gasteiger partial charge in [0.1, 0.15) is 17.6 Å². The zero-order chi connectivity index (χ0) is 10.7. The molecule has 76 valence electrons. The number of hydrogen-bond donors (Lipinski definition) is 2. The van der Waals surface area contributed by atoms with Crippen LogP contribution in [0.25, 0.3) is 0 Å². The molecular formula is C9H10O5. The smallest absolute Gasteiger partial charge is 0.339 e. The summed E-state index contributed by atoms with van der Waals surface area (Å²) in [6.07, 6.45) is 1.29. The summed E-state index contributed by atoms with van der Waals surface area (Å²) in [5.41, 5.74) is 0.587. The maximum atomic E-state index is 10.6. The molecule has 0 amide bonds. The summed E-state index contributed by atoms with van der Waals surface area (Å²) < 4.78 is 4.96. The second kappa shape index (κ2) is 3.95. The van der Waals surface area contributed by atoms with Gasteiger partial charge in [-0.25, -0.2) is 4.79 Å². The lowest BCUT2D eigenvalue weighted by Gasteiger charge is -1.95. The van der Waals surface area contributed by atoms with Crippen LogP contribution in [0.1, 0.15) is 28.1 Å². The minimum atomic E-state index is -1.06. The second-order valence-electron chi connectivity index (χ2n) is 2.90. The van der Waals surface area contributed by atoms with Crippen molar-refractivity contribution < 1.29 is 24.2 Å². The van der Waals surface area contributed by atoms with Gasteiger partial charge in [-0.15, -0.1) is 0 Å². The van der Waals surface area contributed by atoms with Gasteiger partial charge in [0.05, 0.1) is 6.42 Å². The standard InChI is InChI=1S/C9H10O5/c1-5-6(9(12)13)4-14-7(5)2-3-8(10)11/h4H,2-3H2,1H3,(H,10,11)(H,12,13). The van der Waals surface area contributed by atoms with Crippen LogP contribution >= 0.6 is 0 Å². The molecule has 0 saturated heterocycles. The highest BCUT2D eigenvalue weighted by Crippen LogP contribution is 2.17. The van der Waals surface area contributed by atoms with Gasteiger partial charge in [-0.05, 0) is 6.92 Å². The number of aryl methyl sites for hydroxylation is 1. The van der Waals surface area contributed by atoms with Gasteiger partial charge in [-0.3, -0.25) is 4.79 Å². The molecule has 0 aliphatic carbocycles. The van der Waals surface area contributed by atoms with E-state index in [0.717, 1.165) is 6.26 Å². The zero-order valence-corrected chi connectivity index (χ0v) is 7.61. The van der Waals surface area contributed by atoms with Gasteiger partial charge in [-0.1, -0.05) is 0 Å². The molecule has 2 N–H and O–H groups in total. The fourth-order valence-electron chi connectivity index (χ4n) is 1.13. The molecule has 14 heavy (non-hydrogen) atoms. The first-order valence-corrected chi connectivity index (χ1v) is 4.04.